The third-order valence-electron chi connectivity index (χ3n) is 6.06. The number of hydrogen-bond acceptors (Lipinski definition) is 2. The quantitative estimate of drug-likeness (QED) is 0.287. The van der Waals surface area contributed by atoms with Crippen LogP contribution in [0.4, 0.5) is 0 Å². The third-order valence-corrected chi connectivity index (χ3v) is 6.06. The van der Waals surface area contributed by atoms with Crippen molar-refractivity contribution < 1.29 is 9.90 Å². The van der Waals surface area contributed by atoms with Gasteiger partial charge in [-0.15, -0.1) is 13.2 Å². The number of unbranched alkanes of at least 4 members (excludes halogenated alkanes) is 2. The van der Waals surface area contributed by atoms with Crippen LogP contribution in [-0.2, 0) is 4.79 Å². The molecular formula is C23H40O2. The summed E-state index contributed by atoms with van der Waals surface area (Å²) in [6.07, 6.45) is 17.6. The van der Waals surface area contributed by atoms with Crippen molar-refractivity contribution in [2.24, 2.45) is 23.7 Å². The molecule has 1 N–H and O–H groups in total. The Kier molecular flexibility index (Phi) is 11.8. The molecule has 0 aliphatic heterocycles. The smallest absolute Gasteiger partial charge is 0.136 e. The number of hydrogen-bond donors (Lipinski definition) is 1. The Balaban J connectivity index is 2.29. The third kappa shape index (κ3) is 8.35. The number of allylic oxidation sites excluding steroid dienone is 1. The molecule has 0 aromatic carbocycles. The minimum absolute atomic E-state index is 0.191. The van der Waals surface area contributed by atoms with E-state index in [0.717, 1.165) is 38.5 Å². The van der Waals surface area contributed by atoms with Gasteiger partial charge in [0.1, 0.15) is 5.78 Å². The molecule has 2 heteroatoms. The zero-order chi connectivity index (χ0) is 18.5. The standard InChI is InChI=1S/C23H40O2/c1-4-7-11-19(5-2)13-10-14-21-16-17-23(25)22(21)15-9-8-12-20(6-3)18-24/h5-6,19-22,24H,2-4,7-18H2,1H3/t19?,20?,21-,22+/m0/s1. The molecule has 1 saturated carbocycles. The summed E-state index contributed by atoms with van der Waals surface area (Å²) in [5.74, 6) is 2.28. The van der Waals surface area contributed by atoms with Crippen LogP contribution < -0.4 is 0 Å². The largest absolute Gasteiger partial charge is 0.396 e. The second-order valence-electron chi connectivity index (χ2n) is 7.90. The second-order valence-corrected chi connectivity index (χ2v) is 7.90. The van der Waals surface area contributed by atoms with Crippen LogP contribution >= 0.6 is 0 Å². The molecule has 0 bridgehead atoms. The Morgan fingerprint density at radius 2 is 1.72 bits per heavy atom. The first-order chi connectivity index (χ1) is 12.2. The van der Waals surface area contributed by atoms with Crippen LogP contribution in [0.2, 0.25) is 0 Å². The van der Waals surface area contributed by atoms with Gasteiger partial charge in [-0.1, -0.05) is 51.2 Å². The lowest BCUT2D eigenvalue weighted by atomic mass is 9.85. The Labute approximate surface area is 155 Å². The van der Waals surface area contributed by atoms with Gasteiger partial charge in [-0.2, -0.15) is 0 Å². The lowest BCUT2D eigenvalue weighted by molar-refractivity contribution is -0.121. The molecule has 2 unspecified atom stereocenters. The number of Topliss-reactive ketones (excluding diaryl/α,β-unsaturated/α-hetero) is 1. The molecule has 1 rings (SSSR count). The van der Waals surface area contributed by atoms with Gasteiger partial charge in [-0.05, 0) is 56.3 Å². The first kappa shape index (κ1) is 22.2. The van der Waals surface area contributed by atoms with Gasteiger partial charge in [0.15, 0.2) is 0 Å². The summed E-state index contributed by atoms with van der Waals surface area (Å²) in [5, 5.41) is 9.20. The predicted molar refractivity (Wildman–Crippen MR) is 108 cm³/mol. The highest BCUT2D eigenvalue weighted by molar-refractivity contribution is 5.83. The monoisotopic (exact) mass is 348 g/mol. The maximum Gasteiger partial charge on any atom is 0.136 e. The van der Waals surface area contributed by atoms with Crippen molar-refractivity contribution in [2.45, 2.75) is 84.0 Å². The number of aliphatic hydroxyl groups excluding tert-OH is 1. The lowest BCUT2D eigenvalue weighted by Crippen LogP contribution is -2.15. The molecule has 4 atom stereocenters. The maximum absolute atomic E-state index is 12.2. The second kappa shape index (κ2) is 13.3. The van der Waals surface area contributed by atoms with Crippen molar-refractivity contribution in [1.29, 1.82) is 0 Å². The molecule has 0 heterocycles. The van der Waals surface area contributed by atoms with Crippen molar-refractivity contribution >= 4 is 5.78 Å². The molecule has 144 valence electrons. The van der Waals surface area contributed by atoms with Gasteiger partial charge in [0.25, 0.3) is 0 Å². The molecule has 2 nitrogen and oxygen atoms in total. The summed E-state index contributed by atoms with van der Waals surface area (Å²) in [5.41, 5.74) is 0. The summed E-state index contributed by atoms with van der Waals surface area (Å²) in [6.45, 7) is 10.2. The lowest BCUT2D eigenvalue weighted by Gasteiger charge is -2.20. The zero-order valence-electron chi connectivity index (χ0n) is 16.4. The predicted octanol–water partition coefficient (Wildman–Crippen LogP) is 6.10. The van der Waals surface area contributed by atoms with Crippen LogP contribution in [0.1, 0.15) is 84.0 Å². The topological polar surface area (TPSA) is 37.3 Å². The molecule has 25 heavy (non-hydrogen) atoms. The Morgan fingerprint density at radius 1 is 1.04 bits per heavy atom. The van der Waals surface area contributed by atoms with Gasteiger partial charge >= 0.3 is 0 Å². The highest BCUT2D eigenvalue weighted by Gasteiger charge is 2.33. The summed E-state index contributed by atoms with van der Waals surface area (Å²) >= 11 is 0. The summed E-state index contributed by atoms with van der Waals surface area (Å²) < 4.78 is 0. The van der Waals surface area contributed by atoms with Crippen LogP contribution in [0.3, 0.4) is 0 Å². The Hall–Kier alpha value is -0.890. The SMILES string of the molecule is C=CC(CO)CCCC[C@H]1C(=O)CC[C@@H]1CCCC(C=C)CCCC. The fourth-order valence-electron chi connectivity index (χ4n) is 4.26. The summed E-state index contributed by atoms with van der Waals surface area (Å²) in [7, 11) is 0. The van der Waals surface area contributed by atoms with Crippen molar-refractivity contribution in [3.05, 3.63) is 25.3 Å². The summed E-state index contributed by atoms with van der Waals surface area (Å²) in [6, 6.07) is 0. The molecule has 1 aliphatic rings. The molecule has 1 aliphatic carbocycles. The average molecular weight is 349 g/mol. The van der Waals surface area contributed by atoms with E-state index in [-0.39, 0.29) is 12.5 Å². The van der Waals surface area contributed by atoms with E-state index in [1.807, 2.05) is 6.08 Å². The van der Waals surface area contributed by atoms with Crippen LogP contribution in [0.5, 0.6) is 0 Å². The van der Waals surface area contributed by atoms with Gasteiger partial charge in [0.2, 0.25) is 0 Å². The van der Waals surface area contributed by atoms with Crippen molar-refractivity contribution in [3.63, 3.8) is 0 Å². The van der Waals surface area contributed by atoms with Crippen LogP contribution in [0.25, 0.3) is 0 Å². The normalized spacial score (nSPS) is 22.7. The van der Waals surface area contributed by atoms with Gasteiger partial charge in [-0.3, -0.25) is 4.79 Å². The molecule has 0 aromatic heterocycles. The number of carbonyl (C=O) groups is 1. The number of carbonyl (C=O) groups excluding carboxylic acids is 1. The molecule has 0 amide bonds. The summed E-state index contributed by atoms with van der Waals surface area (Å²) in [4.78, 5) is 12.2. The average Bonchev–Trinajstić information content (AvgIpc) is 2.98. The van der Waals surface area contributed by atoms with Crippen LogP contribution in [0.15, 0.2) is 25.3 Å². The number of ketones is 1. The first-order valence-corrected chi connectivity index (χ1v) is 10.5. The first-order valence-electron chi connectivity index (χ1n) is 10.5. The van der Waals surface area contributed by atoms with Crippen LogP contribution in [0, 0.1) is 23.7 Å². The Bertz CT molecular complexity index is 388. The minimum Gasteiger partial charge on any atom is -0.396 e. The van der Waals surface area contributed by atoms with E-state index in [0.29, 0.717) is 23.5 Å². The molecule has 0 saturated heterocycles. The van der Waals surface area contributed by atoms with E-state index < -0.39 is 0 Å². The molecule has 1 fully saturated rings. The van der Waals surface area contributed by atoms with Gasteiger partial charge < -0.3 is 5.11 Å². The maximum atomic E-state index is 12.2. The van der Waals surface area contributed by atoms with E-state index in [2.05, 4.69) is 26.2 Å². The number of rotatable bonds is 15. The van der Waals surface area contributed by atoms with Gasteiger partial charge in [0.05, 0.1) is 0 Å². The van der Waals surface area contributed by atoms with E-state index in [1.165, 1.54) is 38.5 Å². The number of aliphatic hydroxyl groups is 1. The molecule has 0 radical (unpaired) electrons. The van der Waals surface area contributed by atoms with Crippen molar-refractivity contribution in [1.82, 2.24) is 0 Å². The highest BCUT2D eigenvalue weighted by atomic mass is 16.3. The van der Waals surface area contributed by atoms with Crippen molar-refractivity contribution in [2.75, 3.05) is 6.61 Å². The fraction of sp³-hybridized carbons (Fsp3) is 0.783. The van der Waals surface area contributed by atoms with E-state index in [1.54, 1.807) is 0 Å². The van der Waals surface area contributed by atoms with Crippen molar-refractivity contribution in [3.8, 4) is 0 Å². The zero-order valence-corrected chi connectivity index (χ0v) is 16.4. The van der Waals surface area contributed by atoms with Crippen LogP contribution in [-0.4, -0.2) is 17.5 Å². The molecular weight excluding hydrogens is 308 g/mol. The fourth-order valence-corrected chi connectivity index (χ4v) is 4.26. The van der Waals surface area contributed by atoms with E-state index >= 15 is 0 Å². The molecule has 0 spiro atoms. The highest BCUT2D eigenvalue weighted by Crippen LogP contribution is 2.36. The van der Waals surface area contributed by atoms with Gasteiger partial charge in [0, 0.05) is 18.9 Å². The molecule has 0 aromatic rings. The van der Waals surface area contributed by atoms with E-state index in [9.17, 15) is 9.90 Å². The van der Waals surface area contributed by atoms with Gasteiger partial charge in [-0.25, -0.2) is 0 Å². The minimum atomic E-state index is 0.191. The Morgan fingerprint density at radius 3 is 2.36 bits per heavy atom. The van der Waals surface area contributed by atoms with E-state index in [4.69, 9.17) is 0 Å².